The van der Waals surface area contributed by atoms with Gasteiger partial charge in [-0.05, 0) is 90.7 Å². The molecule has 0 amide bonds. The van der Waals surface area contributed by atoms with Crippen molar-refractivity contribution in [1.82, 2.24) is 5.32 Å². The van der Waals surface area contributed by atoms with Gasteiger partial charge in [-0.2, -0.15) is 0 Å². The SMILES string of the molecule is C1=C(c2ccccc2)C=C(c2ccccc2)NC1c1ccc2c(c1)C1(c3ccccc3-2)c2ccc3ccccc3c2N(c2ccccc2)c2c1ccc1ccccc21. The van der Waals surface area contributed by atoms with Crippen molar-refractivity contribution < 1.29 is 0 Å². The molecule has 3 aliphatic rings. The van der Waals surface area contributed by atoms with Crippen molar-refractivity contribution in [3.05, 3.63) is 257 Å². The van der Waals surface area contributed by atoms with Crippen LogP contribution < -0.4 is 10.2 Å². The Labute approximate surface area is 338 Å². The van der Waals surface area contributed by atoms with Crippen LogP contribution in [0.2, 0.25) is 0 Å². The molecule has 0 saturated heterocycles. The Morgan fingerprint density at radius 3 is 1.66 bits per heavy atom. The van der Waals surface area contributed by atoms with Crippen LogP contribution in [-0.2, 0) is 5.41 Å². The molecular weight excluding hydrogens is 701 g/mol. The van der Waals surface area contributed by atoms with Gasteiger partial charge in [0.15, 0.2) is 0 Å². The highest BCUT2D eigenvalue weighted by molar-refractivity contribution is 6.11. The van der Waals surface area contributed by atoms with Gasteiger partial charge in [-0.15, -0.1) is 0 Å². The van der Waals surface area contributed by atoms with E-state index < -0.39 is 5.41 Å². The lowest BCUT2D eigenvalue weighted by Crippen LogP contribution is -2.36. The van der Waals surface area contributed by atoms with Crippen LogP contribution in [0.15, 0.2) is 218 Å². The van der Waals surface area contributed by atoms with Crippen LogP contribution in [0.3, 0.4) is 0 Å². The maximum Gasteiger partial charge on any atom is 0.0754 e. The number of fused-ring (bicyclic) bond motifs is 13. The van der Waals surface area contributed by atoms with E-state index in [4.69, 9.17) is 0 Å². The molecule has 1 unspecified atom stereocenters. The first-order valence-electron chi connectivity index (χ1n) is 20.2. The molecule has 0 bridgehead atoms. The Kier molecular flexibility index (Phi) is 7.24. The molecule has 2 aliphatic heterocycles. The molecule has 58 heavy (non-hydrogen) atoms. The van der Waals surface area contributed by atoms with Crippen LogP contribution in [0, 0.1) is 0 Å². The average molecular weight is 739 g/mol. The van der Waals surface area contributed by atoms with Crippen LogP contribution >= 0.6 is 0 Å². The number of dihydropyridines is 1. The average Bonchev–Trinajstić information content (AvgIpc) is 3.59. The maximum atomic E-state index is 3.98. The van der Waals surface area contributed by atoms with E-state index in [1.165, 1.54) is 88.6 Å². The van der Waals surface area contributed by atoms with Crippen molar-refractivity contribution in [3.63, 3.8) is 0 Å². The molecule has 2 heterocycles. The standard InChI is InChI=1S/C56H38N2/c1-4-16-37(17-5-1)42-35-52(40-20-6-2-7-21-40)57-53(36-42)41-28-31-47-46-26-14-15-27-48(46)56(51(47)34-41)49-32-29-38-18-10-12-24-44(38)54(49)58(43-22-8-3-9-23-43)55-45-25-13-11-19-39(45)30-33-50(55)56/h1-36,53,57H. The highest BCUT2D eigenvalue weighted by atomic mass is 15.2. The number of anilines is 3. The first-order chi connectivity index (χ1) is 28.8. The molecule has 9 aromatic carbocycles. The Balaban J connectivity index is 1.17. The lowest BCUT2D eigenvalue weighted by atomic mass is 9.63. The smallest absolute Gasteiger partial charge is 0.0754 e. The Bertz CT molecular complexity index is 3050. The van der Waals surface area contributed by atoms with Crippen LogP contribution in [0.1, 0.15) is 45.0 Å². The van der Waals surface area contributed by atoms with E-state index in [-0.39, 0.29) is 6.04 Å². The summed E-state index contributed by atoms with van der Waals surface area (Å²) in [5.41, 5.74) is 16.8. The summed E-state index contributed by atoms with van der Waals surface area (Å²) in [6, 6.07) is 76.1. The van der Waals surface area contributed by atoms with E-state index in [0.29, 0.717) is 0 Å². The summed E-state index contributed by atoms with van der Waals surface area (Å²) in [5, 5.41) is 8.92. The summed E-state index contributed by atoms with van der Waals surface area (Å²) in [5.74, 6) is 0. The maximum absolute atomic E-state index is 3.98. The largest absolute Gasteiger partial charge is 0.374 e. The van der Waals surface area contributed by atoms with Gasteiger partial charge in [0, 0.05) is 22.2 Å². The van der Waals surface area contributed by atoms with Gasteiger partial charge in [0.2, 0.25) is 0 Å². The highest BCUT2D eigenvalue weighted by Gasteiger charge is 2.52. The third-order valence-electron chi connectivity index (χ3n) is 12.6. The molecule has 1 N–H and O–H groups in total. The van der Waals surface area contributed by atoms with E-state index in [9.17, 15) is 0 Å². The summed E-state index contributed by atoms with van der Waals surface area (Å²) in [6.07, 6.45) is 4.70. The van der Waals surface area contributed by atoms with Crippen molar-refractivity contribution in [2.75, 3.05) is 4.90 Å². The lowest BCUT2D eigenvalue weighted by molar-refractivity contribution is 0.738. The molecule has 0 radical (unpaired) electrons. The molecule has 1 spiro atoms. The molecule has 0 saturated carbocycles. The fraction of sp³-hybridized carbons (Fsp3) is 0.0357. The summed E-state index contributed by atoms with van der Waals surface area (Å²) in [7, 11) is 0. The van der Waals surface area contributed by atoms with Crippen LogP contribution in [0.4, 0.5) is 17.1 Å². The molecule has 2 heteroatoms. The summed E-state index contributed by atoms with van der Waals surface area (Å²) in [6.45, 7) is 0. The second-order valence-corrected chi connectivity index (χ2v) is 15.7. The monoisotopic (exact) mass is 738 g/mol. The molecule has 0 fully saturated rings. The van der Waals surface area contributed by atoms with Gasteiger partial charge in [-0.3, -0.25) is 0 Å². The number of benzene rings is 9. The van der Waals surface area contributed by atoms with Crippen molar-refractivity contribution in [3.8, 4) is 11.1 Å². The van der Waals surface area contributed by atoms with E-state index >= 15 is 0 Å². The zero-order chi connectivity index (χ0) is 38.2. The van der Waals surface area contributed by atoms with Gasteiger partial charge in [0.1, 0.15) is 0 Å². The predicted molar refractivity (Wildman–Crippen MR) is 242 cm³/mol. The number of allylic oxidation sites excluding steroid dienone is 2. The van der Waals surface area contributed by atoms with Gasteiger partial charge < -0.3 is 10.2 Å². The second kappa shape index (κ2) is 12.8. The first-order valence-corrected chi connectivity index (χ1v) is 20.2. The number of hydrogen-bond acceptors (Lipinski definition) is 2. The number of hydrogen-bond donors (Lipinski definition) is 1. The summed E-state index contributed by atoms with van der Waals surface area (Å²) < 4.78 is 0. The van der Waals surface area contributed by atoms with Crippen molar-refractivity contribution >= 4 is 49.9 Å². The molecule has 9 aromatic rings. The molecular formula is C56H38N2. The fourth-order valence-corrected chi connectivity index (χ4v) is 10.2. The number of nitrogens with zero attached hydrogens (tertiary/aromatic N) is 1. The Morgan fingerprint density at radius 1 is 0.431 bits per heavy atom. The Hall–Kier alpha value is -7.42. The molecule has 1 atom stereocenters. The predicted octanol–water partition coefficient (Wildman–Crippen LogP) is 13.9. The van der Waals surface area contributed by atoms with Crippen LogP contribution in [-0.4, -0.2) is 0 Å². The third-order valence-corrected chi connectivity index (χ3v) is 12.6. The van der Waals surface area contributed by atoms with Gasteiger partial charge in [-0.1, -0.05) is 194 Å². The Morgan fingerprint density at radius 2 is 0.983 bits per heavy atom. The molecule has 1 aliphatic carbocycles. The van der Waals surface area contributed by atoms with E-state index in [2.05, 4.69) is 229 Å². The normalized spacial score (nSPS) is 15.9. The first kappa shape index (κ1) is 32.8. The van der Waals surface area contributed by atoms with Gasteiger partial charge >= 0.3 is 0 Å². The minimum atomic E-state index is -0.593. The highest BCUT2D eigenvalue weighted by Crippen LogP contribution is 2.65. The zero-order valence-corrected chi connectivity index (χ0v) is 31.8. The topological polar surface area (TPSA) is 15.3 Å². The fourth-order valence-electron chi connectivity index (χ4n) is 10.2. The molecule has 12 rings (SSSR count). The molecule has 0 aromatic heterocycles. The van der Waals surface area contributed by atoms with E-state index in [0.717, 1.165) is 11.4 Å². The number of nitrogens with one attached hydrogen (secondary N) is 1. The van der Waals surface area contributed by atoms with Crippen LogP contribution in [0.5, 0.6) is 0 Å². The third kappa shape index (κ3) is 4.72. The van der Waals surface area contributed by atoms with Gasteiger partial charge in [0.05, 0.1) is 22.8 Å². The lowest BCUT2D eigenvalue weighted by Gasteiger charge is -2.46. The number of para-hydroxylation sites is 1. The second-order valence-electron chi connectivity index (χ2n) is 15.7. The van der Waals surface area contributed by atoms with Gasteiger partial charge in [0.25, 0.3) is 0 Å². The number of rotatable bonds is 4. The summed E-state index contributed by atoms with van der Waals surface area (Å²) in [4.78, 5) is 2.56. The minimum Gasteiger partial charge on any atom is -0.374 e. The van der Waals surface area contributed by atoms with Gasteiger partial charge in [-0.25, -0.2) is 0 Å². The minimum absolute atomic E-state index is 0.0574. The van der Waals surface area contributed by atoms with E-state index in [1.807, 2.05) is 0 Å². The van der Waals surface area contributed by atoms with E-state index in [1.54, 1.807) is 0 Å². The van der Waals surface area contributed by atoms with Crippen molar-refractivity contribution in [2.24, 2.45) is 0 Å². The summed E-state index contributed by atoms with van der Waals surface area (Å²) >= 11 is 0. The van der Waals surface area contributed by atoms with Crippen molar-refractivity contribution in [2.45, 2.75) is 11.5 Å². The zero-order valence-electron chi connectivity index (χ0n) is 31.8. The molecule has 2 nitrogen and oxygen atoms in total. The molecule has 272 valence electrons. The quantitative estimate of drug-likeness (QED) is 0.193. The van der Waals surface area contributed by atoms with Crippen molar-refractivity contribution in [1.29, 1.82) is 0 Å². The van der Waals surface area contributed by atoms with Crippen LogP contribution in [0.25, 0.3) is 43.9 Å².